The van der Waals surface area contributed by atoms with Crippen LogP contribution in [0.2, 0.25) is 5.28 Å². The number of ether oxygens (including phenoxy) is 2. The second-order valence-electron chi connectivity index (χ2n) is 4.27. The summed E-state index contributed by atoms with van der Waals surface area (Å²) in [6, 6.07) is 4.93. The van der Waals surface area contributed by atoms with Crippen LogP contribution in [0, 0.1) is 5.82 Å². The van der Waals surface area contributed by atoms with E-state index in [1.807, 2.05) is 0 Å². The Morgan fingerprint density at radius 2 is 2.29 bits per heavy atom. The SMILES string of the molecule is CCOc1cc(C=NNC(N)=S)ccc1Oc1nc(Cl)ncc1F. The van der Waals surface area contributed by atoms with Crippen molar-refractivity contribution in [3.8, 4) is 17.4 Å². The van der Waals surface area contributed by atoms with E-state index < -0.39 is 5.82 Å². The van der Waals surface area contributed by atoms with Crippen LogP contribution < -0.4 is 20.6 Å². The first-order chi connectivity index (χ1) is 11.5. The summed E-state index contributed by atoms with van der Waals surface area (Å²) in [5, 5.41) is 3.77. The van der Waals surface area contributed by atoms with Crippen LogP contribution in [0.4, 0.5) is 4.39 Å². The van der Waals surface area contributed by atoms with Crippen molar-refractivity contribution in [2.24, 2.45) is 10.8 Å². The lowest BCUT2D eigenvalue weighted by Crippen LogP contribution is -2.23. The zero-order valence-electron chi connectivity index (χ0n) is 12.5. The molecular weight excluding hydrogens is 357 g/mol. The van der Waals surface area contributed by atoms with Gasteiger partial charge in [0, 0.05) is 0 Å². The molecule has 0 radical (unpaired) electrons. The van der Waals surface area contributed by atoms with E-state index in [0.717, 1.165) is 6.20 Å². The number of rotatable bonds is 6. The molecule has 0 saturated carbocycles. The summed E-state index contributed by atoms with van der Waals surface area (Å²) in [4.78, 5) is 7.22. The first-order valence-electron chi connectivity index (χ1n) is 6.71. The van der Waals surface area contributed by atoms with E-state index in [1.165, 1.54) is 6.21 Å². The largest absolute Gasteiger partial charge is 0.490 e. The molecule has 0 aliphatic carbocycles. The van der Waals surface area contributed by atoms with Crippen molar-refractivity contribution in [2.75, 3.05) is 6.61 Å². The average molecular weight is 370 g/mol. The molecule has 2 aromatic rings. The molecule has 126 valence electrons. The second kappa shape index (κ2) is 8.37. The highest BCUT2D eigenvalue weighted by Gasteiger charge is 2.13. The molecule has 0 unspecified atom stereocenters. The van der Waals surface area contributed by atoms with Crippen molar-refractivity contribution < 1.29 is 13.9 Å². The number of nitrogens with one attached hydrogen (secondary N) is 1. The van der Waals surface area contributed by atoms with Crippen LogP contribution in [0.5, 0.6) is 17.4 Å². The van der Waals surface area contributed by atoms with Gasteiger partial charge in [0.1, 0.15) is 0 Å². The van der Waals surface area contributed by atoms with Crippen LogP contribution in [-0.4, -0.2) is 27.9 Å². The fraction of sp³-hybridized carbons (Fsp3) is 0.143. The highest BCUT2D eigenvalue weighted by molar-refractivity contribution is 7.80. The van der Waals surface area contributed by atoms with Gasteiger partial charge >= 0.3 is 0 Å². The van der Waals surface area contributed by atoms with Gasteiger partial charge in [-0.05, 0) is 54.5 Å². The Morgan fingerprint density at radius 3 is 3.00 bits per heavy atom. The number of nitrogens with zero attached hydrogens (tertiary/aromatic N) is 3. The Morgan fingerprint density at radius 1 is 1.50 bits per heavy atom. The van der Waals surface area contributed by atoms with Gasteiger partial charge in [-0.1, -0.05) is 0 Å². The summed E-state index contributed by atoms with van der Waals surface area (Å²) in [6.07, 6.45) is 2.42. The highest BCUT2D eigenvalue weighted by atomic mass is 35.5. The number of hydrogen-bond acceptors (Lipinski definition) is 6. The molecule has 24 heavy (non-hydrogen) atoms. The third kappa shape index (κ3) is 5.00. The molecule has 1 aromatic carbocycles. The number of hydrogen-bond donors (Lipinski definition) is 2. The summed E-state index contributed by atoms with van der Waals surface area (Å²) >= 11 is 10.3. The van der Waals surface area contributed by atoms with Crippen molar-refractivity contribution in [3.63, 3.8) is 0 Å². The minimum absolute atomic E-state index is 0.0485. The molecule has 2 rings (SSSR count). The highest BCUT2D eigenvalue weighted by Crippen LogP contribution is 2.32. The van der Waals surface area contributed by atoms with E-state index in [-0.39, 0.29) is 22.0 Å². The van der Waals surface area contributed by atoms with E-state index in [1.54, 1.807) is 25.1 Å². The van der Waals surface area contributed by atoms with E-state index in [4.69, 9.17) is 26.8 Å². The first-order valence-corrected chi connectivity index (χ1v) is 7.49. The van der Waals surface area contributed by atoms with Crippen molar-refractivity contribution in [1.29, 1.82) is 0 Å². The molecule has 1 aromatic heterocycles. The molecule has 0 atom stereocenters. The molecular formula is C14H13ClFN5O2S. The van der Waals surface area contributed by atoms with Crippen LogP contribution in [-0.2, 0) is 0 Å². The Kier molecular flexibility index (Phi) is 6.21. The average Bonchev–Trinajstić information content (AvgIpc) is 2.53. The number of nitrogens with two attached hydrogens (primary N) is 1. The summed E-state index contributed by atoms with van der Waals surface area (Å²) in [5.41, 5.74) is 8.40. The van der Waals surface area contributed by atoms with Gasteiger partial charge in [0.15, 0.2) is 16.6 Å². The molecule has 3 N–H and O–H groups in total. The number of hydrazone groups is 1. The van der Waals surface area contributed by atoms with Gasteiger partial charge in [-0.15, -0.1) is 0 Å². The minimum atomic E-state index is -0.742. The fourth-order valence-electron chi connectivity index (χ4n) is 1.63. The van der Waals surface area contributed by atoms with Gasteiger partial charge < -0.3 is 15.2 Å². The van der Waals surface area contributed by atoms with Gasteiger partial charge in [0.2, 0.25) is 11.1 Å². The normalized spacial score (nSPS) is 10.6. The molecule has 0 amide bonds. The maximum absolute atomic E-state index is 13.7. The molecule has 1 heterocycles. The number of aromatic nitrogens is 2. The molecule has 10 heteroatoms. The van der Waals surface area contributed by atoms with Crippen LogP contribution in [0.15, 0.2) is 29.5 Å². The van der Waals surface area contributed by atoms with Crippen LogP contribution >= 0.6 is 23.8 Å². The van der Waals surface area contributed by atoms with Crippen molar-refractivity contribution in [2.45, 2.75) is 6.92 Å². The predicted molar refractivity (Wildman–Crippen MR) is 92.2 cm³/mol. The lowest BCUT2D eigenvalue weighted by Gasteiger charge is -2.12. The second-order valence-corrected chi connectivity index (χ2v) is 5.05. The summed E-state index contributed by atoms with van der Waals surface area (Å²) < 4.78 is 24.6. The zero-order chi connectivity index (χ0) is 17.5. The molecule has 7 nitrogen and oxygen atoms in total. The molecule has 0 spiro atoms. The quantitative estimate of drug-likeness (QED) is 0.350. The molecule has 0 bridgehead atoms. The lowest BCUT2D eigenvalue weighted by molar-refractivity contribution is 0.316. The van der Waals surface area contributed by atoms with E-state index in [0.29, 0.717) is 17.9 Å². The third-order valence-corrected chi connectivity index (χ3v) is 2.82. The Bertz CT molecular complexity index is 775. The zero-order valence-corrected chi connectivity index (χ0v) is 14.1. The number of benzene rings is 1. The van der Waals surface area contributed by atoms with Gasteiger partial charge in [0.05, 0.1) is 19.0 Å². The Hall–Kier alpha value is -2.52. The molecule has 0 fully saturated rings. The summed E-state index contributed by atoms with van der Waals surface area (Å²) in [6.45, 7) is 2.19. The smallest absolute Gasteiger partial charge is 0.260 e. The maximum Gasteiger partial charge on any atom is 0.260 e. The van der Waals surface area contributed by atoms with Gasteiger partial charge in [-0.3, -0.25) is 5.43 Å². The predicted octanol–water partition coefficient (Wildman–Crippen LogP) is 2.63. The van der Waals surface area contributed by atoms with E-state index >= 15 is 0 Å². The van der Waals surface area contributed by atoms with Crippen LogP contribution in [0.25, 0.3) is 0 Å². The van der Waals surface area contributed by atoms with Crippen LogP contribution in [0.3, 0.4) is 0 Å². The molecule has 0 aliphatic rings. The fourth-order valence-corrected chi connectivity index (χ4v) is 1.81. The molecule has 0 saturated heterocycles. The summed E-state index contributed by atoms with van der Waals surface area (Å²) in [7, 11) is 0. The van der Waals surface area contributed by atoms with E-state index in [2.05, 4.69) is 32.7 Å². The minimum Gasteiger partial charge on any atom is -0.490 e. The maximum atomic E-state index is 13.7. The standard InChI is InChI=1S/C14H13ClFN5O2S/c1-2-22-11-5-8(6-19-21-14(17)24)3-4-10(11)23-12-9(16)7-18-13(15)20-12/h3-7H,2H2,1H3,(H3,17,21,24). The van der Waals surface area contributed by atoms with Gasteiger partial charge in [-0.25, -0.2) is 4.98 Å². The van der Waals surface area contributed by atoms with E-state index in [9.17, 15) is 4.39 Å². The summed E-state index contributed by atoms with van der Waals surface area (Å²) in [5.74, 6) is -0.392. The Labute approximate surface area is 147 Å². The third-order valence-electron chi connectivity index (χ3n) is 2.55. The first kappa shape index (κ1) is 17.8. The van der Waals surface area contributed by atoms with Gasteiger partial charge in [-0.2, -0.15) is 14.5 Å². The Balaban J connectivity index is 2.27. The number of halogens is 2. The van der Waals surface area contributed by atoms with Crippen molar-refractivity contribution in [3.05, 3.63) is 41.1 Å². The number of thiocarbonyl (C=S) groups is 1. The van der Waals surface area contributed by atoms with Crippen molar-refractivity contribution >= 4 is 35.1 Å². The molecule has 0 aliphatic heterocycles. The van der Waals surface area contributed by atoms with Crippen LogP contribution in [0.1, 0.15) is 12.5 Å². The van der Waals surface area contributed by atoms with Crippen molar-refractivity contribution in [1.82, 2.24) is 15.4 Å². The monoisotopic (exact) mass is 369 g/mol. The topological polar surface area (TPSA) is 94.7 Å². The van der Waals surface area contributed by atoms with Gasteiger partial charge in [0.25, 0.3) is 5.88 Å². The lowest BCUT2D eigenvalue weighted by atomic mass is 10.2.